The molecule has 0 aliphatic carbocycles. The van der Waals surface area contributed by atoms with Crippen LogP contribution in [-0.4, -0.2) is 5.88 Å². The molecule has 1 aromatic rings. The van der Waals surface area contributed by atoms with Crippen molar-refractivity contribution in [2.24, 2.45) is 0 Å². The van der Waals surface area contributed by atoms with E-state index in [2.05, 4.69) is 23.1 Å². The molecule has 1 nitrogen and oxygen atoms in total. The Kier molecular flexibility index (Phi) is 0.765. The first-order valence-electron chi connectivity index (χ1n) is 3.45. The van der Waals surface area contributed by atoms with Crippen LogP contribution in [0.2, 0.25) is 0 Å². The standard InChI is InChI=1S/C8H7NS/c1-2-6-4-9-5-10-8(6)7(9)3-1/h1-3H,4-5H2. The maximum absolute atomic E-state index is 2.43. The van der Waals surface area contributed by atoms with Crippen LogP contribution in [0.25, 0.3) is 0 Å². The molecule has 0 N–H and O–H groups in total. The van der Waals surface area contributed by atoms with Crippen LogP contribution >= 0.6 is 11.8 Å². The Morgan fingerprint density at radius 3 is 3.20 bits per heavy atom. The van der Waals surface area contributed by atoms with Gasteiger partial charge in [-0.3, -0.25) is 0 Å². The molecule has 0 fully saturated rings. The largest absolute Gasteiger partial charge is 0.357 e. The number of hydrogen-bond acceptors (Lipinski definition) is 2. The molecule has 0 atom stereocenters. The van der Waals surface area contributed by atoms with E-state index in [0.717, 1.165) is 6.54 Å². The zero-order chi connectivity index (χ0) is 6.55. The quantitative estimate of drug-likeness (QED) is 0.555. The SMILES string of the molecule is c1cc2c3c(c1)N(CS3)C2. The number of anilines is 1. The lowest BCUT2D eigenvalue weighted by Crippen LogP contribution is -2.15. The summed E-state index contributed by atoms with van der Waals surface area (Å²) in [5, 5.41) is 0. The molecule has 0 saturated carbocycles. The molecule has 2 heteroatoms. The molecule has 1 aromatic carbocycles. The topological polar surface area (TPSA) is 3.24 Å². The van der Waals surface area contributed by atoms with Crippen molar-refractivity contribution in [3.8, 4) is 0 Å². The summed E-state index contributed by atoms with van der Waals surface area (Å²) in [7, 11) is 0. The van der Waals surface area contributed by atoms with Crippen molar-refractivity contribution in [3.05, 3.63) is 23.8 Å². The van der Waals surface area contributed by atoms with E-state index in [4.69, 9.17) is 0 Å². The molecular weight excluding hydrogens is 142 g/mol. The summed E-state index contributed by atoms with van der Waals surface area (Å²) in [5.74, 6) is 1.17. The van der Waals surface area contributed by atoms with Crippen LogP contribution in [-0.2, 0) is 6.54 Å². The first kappa shape index (κ1) is 5.08. The Balaban J connectivity index is 2.40. The van der Waals surface area contributed by atoms with Crippen molar-refractivity contribution in [2.45, 2.75) is 11.4 Å². The third-order valence-electron chi connectivity index (χ3n) is 2.14. The number of hydrogen-bond donors (Lipinski definition) is 0. The Bertz CT molecular complexity index is 295. The molecule has 0 radical (unpaired) electrons. The van der Waals surface area contributed by atoms with Gasteiger partial charge in [0.1, 0.15) is 0 Å². The lowest BCUT2D eigenvalue weighted by molar-refractivity contribution is 0.945. The second-order valence-corrected chi connectivity index (χ2v) is 3.69. The van der Waals surface area contributed by atoms with E-state index in [1.165, 1.54) is 22.0 Å². The third-order valence-corrected chi connectivity index (χ3v) is 3.34. The minimum atomic E-state index is 1.16. The van der Waals surface area contributed by atoms with Crippen LogP contribution in [0.3, 0.4) is 0 Å². The zero-order valence-electron chi connectivity index (χ0n) is 5.50. The first-order valence-corrected chi connectivity index (χ1v) is 4.43. The molecule has 2 aliphatic rings. The lowest BCUT2D eigenvalue weighted by atomic mass is 10.2. The number of thioether (sulfide) groups is 1. The highest BCUT2D eigenvalue weighted by Gasteiger charge is 2.28. The molecule has 0 saturated heterocycles. The monoisotopic (exact) mass is 149 g/mol. The summed E-state index contributed by atoms with van der Waals surface area (Å²) in [6.45, 7) is 1.16. The summed E-state index contributed by atoms with van der Waals surface area (Å²) in [5.41, 5.74) is 2.98. The predicted octanol–water partition coefficient (Wildman–Crippen LogP) is 2.07. The molecule has 4 bridgehead atoms. The summed E-state index contributed by atoms with van der Waals surface area (Å²) in [6, 6.07) is 6.59. The van der Waals surface area contributed by atoms with Crippen LogP contribution in [0.1, 0.15) is 5.56 Å². The van der Waals surface area contributed by atoms with E-state index in [-0.39, 0.29) is 0 Å². The van der Waals surface area contributed by atoms with Gasteiger partial charge in [0.05, 0.1) is 11.6 Å². The maximum atomic E-state index is 2.43. The average Bonchev–Trinajstić information content (AvgIpc) is 2.44. The van der Waals surface area contributed by atoms with Gasteiger partial charge < -0.3 is 4.90 Å². The Morgan fingerprint density at radius 2 is 2.40 bits per heavy atom. The molecule has 0 spiro atoms. The molecular formula is C8H7NS. The van der Waals surface area contributed by atoms with Crippen molar-refractivity contribution in [3.63, 3.8) is 0 Å². The minimum absolute atomic E-state index is 1.16. The van der Waals surface area contributed by atoms with Crippen molar-refractivity contribution >= 4 is 17.4 Å². The minimum Gasteiger partial charge on any atom is -0.357 e. The van der Waals surface area contributed by atoms with Gasteiger partial charge in [0, 0.05) is 11.4 Å². The van der Waals surface area contributed by atoms with Crippen molar-refractivity contribution in [2.75, 3.05) is 10.8 Å². The summed E-state index contributed by atoms with van der Waals surface area (Å²) < 4.78 is 0. The fourth-order valence-electron chi connectivity index (χ4n) is 1.66. The third kappa shape index (κ3) is 0.430. The van der Waals surface area contributed by atoms with Gasteiger partial charge in [-0.1, -0.05) is 12.1 Å². The highest BCUT2D eigenvalue weighted by Crippen LogP contribution is 2.47. The van der Waals surface area contributed by atoms with Crippen molar-refractivity contribution in [1.82, 2.24) is 0 Å². The van der Waals surface area contributed by atoms with Crippen molar-refractivity contribution < 1.29 is 0 Å². The van der Waals surface area contributed by atoms with Gasteiger partial charge >= 0.3 is 0 Å². The van der Waals surface area contributed by atoms with Crippen LogP contribution in [0.4, 0.5) is 5.69 Å². The van der Waals surface area contributed by atoms with E-state index in [0.29, 0.717) is 0 Å². The van der Waals surface area contributed by atoms with Gasteiger partial charge in [-0.2, -0.15) is 0 Å². The van der Waals surface area contributed by atoms with Gasteiger partial charge in [0.2, 0.25) is 0 Å². The Morgan fingerprint density at radius 1 is 1.40 bits per heavy atom. The van der Waals surface area contributed by atoms with E-state index in [1.54, 1.807) is 0 Å². The number of rotatable bonds is 0. The molecule has 2 aliphatic heterocycles. The zero-order valence-corrected chi connectivity index (χ0v) is 6.32. The smallest absolute Gasteiger partial charge is 0.0690 e. The van der Waals surface area contributed by atoms with E-state index in [1.807, 2.05) is 11.8 Å². The lowest BCUT2D eigenvalue weighted by Gasteiger charge is -2.13. The molecule has 0 unspecified atom stereocenters. The Hall–Kier alpha value is -0.630. The van der Waals surface area contributed by atoms with E-state index < -0.39 is 0 Å². The van der Waals surface area contributed by atoms with E-state index >= 15 is 0 Å². The molecule has 0 amide bonds. The summed E-state index contributed by atoms with van der Waals surface area (Å²) in [6.07, 6.45) is 0. The predicted molar refractivity (Wildman–Crippen MR) is 43.3 cm³/mol. The van der Waals surface area contributed by atoms with Gasteiger partial charge in [-0.25, -0.2) is 0 Å². The number of benzene rings is 1. The second kappa shape index (κ2) is 1.51. The highest BCUT2D eigenvalue weighted by atomic mass is 32.2. The summed E-state index contributed by atoms with van der Waals surface area (Å²) >= 11 is 1.97. The van der Waals surface area contributed by atoms with Crippen LogP contribution in [0.5, 0.6) is 0 Å². The van der Waals surface area contributed by atoms with Crippen LogP contribution in [0, 0.1) is 0 Å². The van der Waals surface area contributed by atoms with Gasteiger partial charge in [-0.05, 0) is 11.6 Å². The van der Waals surface area contributed by atoms with Gasteiger partial charge in [0.15, 0.2) is 0 Å². The average molecular weight is 149 g/mol. The maximum Gasteiger partial charge on any atom is 0.0690 e. The number of nitrogens with zero attached hydrogens (tertiary/aromatic N) is 1. The molecule has 10 heavy (non-hydrogen) atoms. The fourth-order valence-corrected chi connectivity index (χ4v) is 2.84. The normalized spacial score (nSPS) is 18.6. The van der Waals surface area contributed by atoms with Crippen LogP contribution in [0.15, 0.2) is 23.1 Å². The second-order valence-electron chi connectivity index (χ2n) is 2.74. The van der Waals surface area contributed by atoms with Gasteiger partial charge in [-0.15, -0.1) is 11.8 Å². The van der Waals surface area contributed by atoms with Crippen LogP contribution < -0.4 is 4.90 Å². The van der Waals surface area contributed by atoms with Crippen molar-refractivity contribution in [1.29, 1.82) is 0 Å². The Labute approximate surface area is 64.0 Å². The first-order chi connectivity index (χ1) is 4.95. The highest BCUT2D eigenvalue weighted by molar-refractivity contribution is 8.00. The van der Waals surface area contributed by atoms with E-state index in [9.17, 15) is 0 Å². The molecule has 3 rings (SSSR count). The fraction of sp³-hybridized carbons (Fsp3) is 0.250. The summed E-state index contributed by atoms with van der Waals surface area (Å²) in [4.78, 5) is 3.96. The molecule has 50 valence electrons. The van der Waals surface area contributed by atoms with Gasteiger partial charge in [0.25, 0.3) is 0 Å². The molecule has 2 heterocycles. The molecule has 0 aromatic heterocycles.